The minimum atomic E-state index is -1.02. The zero-order chi connectivity index (χ0) is 25.6. The Kier molecular flexibility index (Phi) is 7.38. The predicted octanol–water partition coefficient (Wildman–Crippen LogP) is 4.30. The Morgan fingerprint density at radius 3 is 2.76 bits per heavy atom. The first-order valence-corrected chi connectivity index (χ1v) is 14.7. The summed E-state index contributed by atoms with van der Waals surface area (Å²) in [6.45, 7) is 9.03. The van der Waals surface area contributed by atoms with E-state index in [0.29, 0.717) is 68.3 Å². The quantitative estimate of drug-likeness (QED) is 0.430. The van der Waals surface area contributed by atoms with Crippen LogP contribution in [-0.4, -0.2) is 79.6 Å². The summed E-state index contributed by atoms with van der Waals surface area (Å²) in [4.78, 5) is 4.80. The maximum atomic E-state index is 15.3. The molecule has 3 N–H and O–H groups in total. The van der Waals surface area contributed by atoms with Crippen molar-refractivity contribution in [2.45, 2.75) is 82.2 Å². The van der Waals surface area contributed by atoms with Gasteiger partial charge in [0.25, 0.3) is 0 Å². The van der Waals surface area contributed by atoms with E-state index in [1.165, 1.54) is 12.0 Å². The third-order valence-corrected chi connectivity index (χ3v) is 9.82. The number of hydrogen-bond donors (Lipinski definition) is 3. The molecule has 0 bridgehead atoms. The number of likely N-dealkylation sites (tertiary alicyclic amines) is 2. The summed E-state index contributed by atoms with van der Waals surface area (Å²) in [5.74, 6) is 2.72. The summed E-state index contributed by atoms with van der Waals surface area (Å²) < 4.78 is 34.1. The molecule has 1 aromatic carbocycles. The van der Waals surface area contributed by atoms with Crippen molar-refractivity contribution in [3.63, 3.8) is 0 Å². The van der Waals surface area contributed by atoms with Gasteiger partial charge in [0.05, 0.1) is 19.3 Å². The fourth-order valence-corrected chi connectivity index (χ4v) is 7.78. The van der Waals surface area contributed by atoms with Crippen molar-refractivity contribution in [3.05, 3.63) is 23.8 Å². The predicted molar refractivity (Wildman–Crippen MR) is 143 cm³/mol. The summed E-state index contributed by atoms with van der Waals surface area (Å²) in [6.07, 6.45) is 5.48. The second-order valence-corrected chi connectivity index (χ2v) is 12.4. The number of rotatable bonds is 10. The van der Waals surface area contributed by atoms with Crippen molar-refractivity contribution in [3.8, 4) is 5.75 Å². The molecule has 5 fully saturated rings. The molecule has 5 aliphatic rings. The highest BCUT2D eigenvalue weighted by atomic mass is 19.1. The highest BCUT2D eigenvalue weighted by molar-refractivity contribution is 5.54. The number of nitrogens with zero attached hydrogens (tertiary/aromatic N) is 2. The molecule has 2 aliphatic carbocycles. The van der Waals surface area contributed by atoms with Gasteiger partial charge in [-0.15, -0.1) is 0 Å². The lowest BCUT2D eigenvalue weighted by atomic mass is 9.61. The van der Waals surface area contributed by atoms with Crippen LogP contribution in [0.5, 0.6) is 5.75 Å². The van der Waals surface area contributed by atoms with Gasteiger partial charge in [-0.3, -0.25) is 25.0 Å². The number of piperidine rings is 1. The number of benzene rings is 1. The molecule has 206 valence electrons. The number of alkyl halides is 2. The molecule has 3 saturated heterocycles. The van der Waals surface area contributed by atoms with E-state index in [4.69, 9.17) is 4.74 Å². The summed E-state index contributed by atoms with van der Waals surface area (Å²) >= 11 is 0. The lowest BCUT2D eigenvalue weighted by Gasteiger charge is -2.54. The number of hydrazine groups is 1. The van der Waals surface area contributed by atoms with Crippen molar-refractivity contribution in [2.24, 2.45) is 17.8 Å². The van der Waals surface area contributed by atoms with Crippen LogP contribution in [0.1, 0.15) is 64.0 Å². The van der Waals surface area contributed by atoms with E-state index < -0.39 is 5.67 Å². The highest BCUT2D eigenvalue weighted by Gasteiger charge is 2.54. The molecule has 1 aromatic rings. The first-order chi connectivity index (χ1) is 18.0. The summed E-state index contributed by atoms with van der Waals surface area (Å²) in [5.41, 5.74) is 8.25. The summed E-state index contributed by atoms with van der Waals surface area (Å²) in [5, 5.41) is 3.66. The first-order valence-electron chi connectivity index (χ1n) is 14.7. The minimum absolute atomic E-state index is 0.180. The van der Waals surface area contributed by atoms with E-state index >= 15 is 4.39 Å². The molecule has 4 unspecified atom stereocenters. The van der Waals surface area contributed by atoms with Gasteiger partial charge in [0.15, 0.2) is 0 Å². The van der Waals surface area contributed by atoms with Gasteiger partial charge in [0.1, 0.15) is 11.4 Å². The summed E-state index contributed by atoms with van der Waals surface area (Å²) in [6, 6.07) is 8.09. The molecule has 8 heteroatoms. The smallest absolute Gasteiger partial charge is 0.126 e. The molecular formula is C29H45F2N5O. The Morgan fingerprint density at radius 1 is 1.16 bits per heavy atom. The van der Waals surface area contributed by atoms with Gasteiger partial charge < -0.3 is 10.1 Å². The number of halogens is 2. The van der Waals surface area contributed by atoms with E-state index in [0.717, 1.165) is 50.5 Å². The molecule has 3 aliphatic heterocycles. The van der Waals surface area contributed by atoms with Crippen LogP contribution in [0.15, 0.2) is 18.2 Å². The largest absolute Gasteiger partial charge is 0.493 e. The van der Waals surface area contributed by atoms with Crippen molar-refractivity contribution < 1.29 is 13.5 Å². The van der Waals surface area contributed by atoms with Crippen LogP contribution in [0, 0.1) is 17.8 Å². The van der Waals surface area contributed by atoms with Gasteiger partial charge in [-0.05, 0) is 76.2 Å². The number of ether oxygens (including phenoxy) is 1. The number of anilines is 1. The van der Waals surface area contributed by atoms with E-state index in [1.54, 1.807) is 0 Å². The average molecular weight is 518 g/mol. The Labute approximate surface area is 220 Å². The number of nitrogens with one attached hydrogen (secondary N) is 3. The Balaban J connectivity index is 1.26. The van der Waals surface area contributed by atoms with Crippen LogP contribution >= 0.6 is 0 Å². The Bertz CT molecular complexity index is 939. The van der Waals surface area contributed by atoms with Crippen LogP contribution < -0.4 is 20.9 Å². The standard InChI is InChI=1S/C29H45F2N5O/c1-3-37-27-14-20(33-21-16-35(17-21)12-4-11-30)5-6-23(27)28-22-7-8-26-25(15-32-34-26)24(22)13-19(2)36(28)18-29(31)9-10-29/h5-6,14,19,21-22,24-26,28,32-34H,3-4,7-13,15-18H2,1-2H3/t19-,22?,24?,25?,26?,28+/m1/s1. The van der Waals surface area contributed by atoms with Crippen molar-refractivity contribution in [1.82, 2.24) is 20.7 Å². The second kappa shape index (κ2) is 10.6. The molecule has 2 saturated carbocycles. The molecule has 0 radical (unpaired) electrons. The maximum Gasteiger partial charge on any atom is 0.126 e. The zero-order valence-electron chi connectivity index (χ0n) is 22.5. The van der Waals surface area contributed by atoms with Gasteiger partial charge in [-0.2, -0.15) is 0 Å². The van der Waals surface area contributed by atoms with Crippen LogP contribution in [0.2, 0.25) is 0 Å². The van der Waals surface area contributed by atoms with Crippen molar-refractivity contribution in [1.29, 1.82) is 0 Å². The van der Waals surface area contributed by atoms with Gasteiger partial charge >= 0.3 is 0 Å². The fourth-order valence-electron chi connectivity index (χ4n) is 7.78. The van der Waals surface area contributed by atoms with Crippen molar-refractivity contribution in [2.75, 3.05) is 51.3 Å². The van der Waals surface area contributed by atoms with E-state index in [9.17, 15) is 4.39 Å². The fraction of sp³-hybridized carbons (Fsp3) is 0.793. The lowest BCUT2D eigenvalue weighted by molar-refractivity contribution is -0.0508. The molecule has 0 amide bonds. The number of hydrogen-bond acceptors (Lipinski definition) is 6. The van der Waals surface area contributed by atoms with Gasteiger partial charge in [-0.25, -0.2) is 4.39 Å². The molecule has 0 spiro atoms. The van der Waals surface area contributed by atoms with Gasteiger partial charge in [0, 0.05) is 68.2 Å². The van der Waals surface area contributed by atoms with E-state index in [-0.39, 0.29) is 12.7 Å². The summed E-state index contributed by atoms with van der Waals surface area (Å²) in [7, 11) is 0. The first kappa shape index (κ1) is 25.8. The minimum Gasteiger partial charge on any atom is -0.493 e. The van der Waals surface area contributed by atoms with E-state index in [2.05, 4.69) is 51.1 Å². The van der Waals surface area contributed by atoms with E-state index in [1.807, 2.05) is 6.92 Å². The molecule has 6 rings (SSSR count). The van der Waals surface area contributed by atoms with Gasteiger partial charge in [-0.1, -0.05) is 6.07 Å². The molecule has 0 aromatic heterocycles. The SMILES string of the molecule is CCOc1cc(NC2CN(CCCF)C2)ccc1[C@@H]1C2CCC3NNCC3C2C[C@@H](C)N1CC1(F)CC1. The second-order valence-electron chi connectivity index (χ2n) is 12.4. The topological polar surface area (TPSA) is 51.8 Å². The highest BCUT2D eigenvalue weighted by Crippen LogP contribution is 2.55. The van der Waals surface area contributed by atoms with Gasteiger partial charge in [0.2, 0.25) is 0 Å². The monoisotopic (exact) mass is 517 g/mol. The Hall–Kier alpha value is -1.48. The maximum absolute atomic E-state index is 15.3. The van der Waals surface area contributed by atoms with Crippen LogP contribution in [0.3, 0.4) is 0 Å². The zero-order valence-corrected chi connectivity index (χ0v) is 22.5. The Morgan fingerprint density at radius 2 is 2.00 bits per heavy atom. The van der Waals surface area contributed by atoms with Crippen LogP contribution in [-0.2, 0) is 0 Å². The molecular weight excluding hydrogens is 472 g/mol. The van der Waals surface area contributed by atoms with Crippen LogP contribution in [0.25, 0.3) is 0 Å². The average Bonchev–Trinajstić information content (AvgIpc) is 3.38. The van der Waals surface area contributed by atoms with Crippen LogP contribution in [0.4, 0.5) is 14.5 Å². The normalized spacial score (nSPS) is 35.5. The van der Waals surface area contributed by atoms with Crippen molar-refractivity contribution >= 4 is 5.69 Å². The lowest BCUT2D eigenvalue weighted by Crippen LogP contribution is -2.55. The number of fused-ring (bicyclic) bond motifs is 3. The molecule has 3 heterocycles. The molecule has 6 nitrogen and oxygen atoms in total. The molecule has 37 heavy (non-hydrogen) atoms. The molecule has 6 atom stereocenters. The third-order valence-electron chi connectivity index (χ3n) is 9.82. The third kappa shape index (κ3) is 5.23.